The smallest absolute Gasteiger partial charge is 0.426 e. The highest BCUT2D eigenvalue weighted by atomic mass is 19.4. The quantitative estimate of drug-likeness (QED) is 0.892. The van der Waals surface area contributed by atoms with Crippen molar-refractivity contribution in [1.82, 2.24) is 10.3 Å². The fraction of sp³-hybridized carbons (Fsp3) is 0.231. The Hall–Kier alpha value is -2.51. The summed E-state index contributed by atoms with van der Waals surface area (Å²) >= 11 is 0. The molecule has 0 bridgehead atoms. The number of hydrogen-bond acceptors (Lipinski definition) is 4. The van der Waals surface area contributed by atoms with Gasteiger partial charge in [0.25, 0.3) is 5.54 Å². The van der Waals surface area contributed by atoms with E-state index in [4.69, 9.17) is 9.84 Å². The molecule has 0 spiro atoms. The molecule has 1 aliphatic heterocycles. The van der Waals surface area contributed by atoms with E-state index in [1.807, 2.05) is 5.32 Å². The fourth-order valence-corrected chi connectivity index (χ4v) is 1.90. The third-order valence-electron chi connectivity index (χ3n) is 3.03. The number of pyridine rings is 1. The SMILES string of the molecule is COC1=CC(C(=O)O)(C(F)(F)F)NC=C1c1cccnc1. The second-order valence-corrected chi connectivity index (χ2v) is 4.27. The average Bonchev–Trinajstić information content (AvgIpc) is 2.46. The van der Waals surface area contributed by atoms with E-state index in [-0.39, 0.29) is 11.3 Å². The molecule has 1 aromatic heterocycles. The molecule has 112 valence electrons. The Bertz CT molecular complexity index is 611. The number of carboxylic acid groups (broad SMARTS) is 1. The Balaban J connectivity index is 2.51. The van der Waals surface area contributed by atoms with Crippen molar-refractivity contribution in [3.05, 3.63) is 48.1 Å². The summed E-state index contributed by atoms with van der Waals surface area (Å²) in [6.07, 6.45) is -0.607. The van der Waals surface area contributed by atoms with E-state index in [9.17, 15) is 18.0 Å². The largest absolute Gasteiger partial charge is 0.496 e. The third-order valence-corrected chi connectivity index (χ3v) is 3.03. The summed E-state index contributed by atoms with van der Waals surface area (Å²) in [5, 5.41) is 10.9. The molecule has 1 aliphatic rings. The van der Waals surface area contributed by atoms with Crippen LogP contribution in [-0.2, 0) is 9.53 Å². The molecule has 0 aromatic carbocycles. The predicted octanol–water partition coefficient (Wildman–Crippen LogP) is 1.94. The standard InChI is InChI=1S/C13H11F3N2O3/c1-21-10-5-12(11(19)20,13(14,15)16)18-7-9(10)8-3-2-4-17-6-8/h2-7,18H,1H3,(H,19,20). The lowest BCUT2D eigenvalue weighted by Gasteiger charge is -2.33. The lowest BCUT2D eigenvalue weighted by molar-refractivity contribution is -0.197. The first kappa shape index (κ1) is 14.9. The predicted molar refractivity (Wildman–Crippen MR) is 66.9 cm³/mol. The van der Waals surface area contributed by atoms with E-state index < -0.39 is 17.7 Å². The van der Waals surface area contributed by atoms with Crippen molar-refractivity contribution in [1.29, 1.82) is 0 Å². The van der Waals surface area contributed by atoms with Crippen LogP contribution in [0.3, 0.4) is 0 Å². The summed E-state index contributed by atoms with van der Waals surface area (Å²) in [6, 6.07) is 3.22. The molecule has 1 atom stereocenters. The fourth-order valence-electron chi connectivity index (χ4n) is 1.90. The van der Waals surface area contributed by atoms with E-state index in [2.05, 4.69) is 4.98 Å². The zero-order chi connectivity index (χ0) is 15.7. The van der Waals surface area contributed by atoms with Crippen LogP contribution in [0.25, 0.3) is 5.57 Å². The summed E-state index contributed by atoms with van der Waals surface area (Å²) in [5.41, 5.74) is -2.43. The number of ether oxygens (including phenoxy) is 1. The number of dihydropyridines is 1. The van der Waals surface area contributed by atoms with Gasteiger partial charge in [-0.05, 0) is 6.07 Å². The van der Waals surface area contributed by atoms with E-state index >= 15 is 0 Å². The minimum absolute atomic E-state index is 0.193. The maximum atomic E-state index is 13.1. The number of methoxy groups -OCH3 is 1. The van der Waals surface area contributed by atoms with Crippen molar-refractivity contribution >= 4 is 11.5 Å². The van der Waals surface area contributed by atoms with Crippen LogP contribution in [0.4, 0.5) is 13.2 Å². The molecule has 0 amide bonds. The number of nitrogens with one attached hydrogen (secondary N) is 1. The highest BCUT2D eigenvalue weighted by Crippen LogP contribution is 2.38. The number of aliphatic carboxylic acids is 1. The zero-order valence-electron chi connectivity index (χ0n) is 10.8. The number of carboxylic acids is 1. The maximum absolute atomic E-state index is 13.1. The molecule has 5 nitrogen and oxygen atoms in total. The van der Waals surface area contributed by atoms with Gasteiger partial charge in [-0.15, -0.1) is 0 Å². The van der Waals surface area contributed by atoms with Crippen LogP contribution in [0.15, 0.2) is 42.6 Å². The van der Waals surface area contributed by atoms with E-state index in [0.717, 1.165) is 6.20 Å². The van der Waals surface area contributed by atoms with Gasteiger partial charge in [-0.25, -0.2) is 4.79 Å². The molecule has 0 aliphatic carbocycles. The van der Waals surface area contributed by atoms with Crippen molar-refractivity contribution in [2.45, 2.75) is 11.7 Å². The minimum atomic E-state index is -5.03. The number of aromatic nitrogens is 1. The molecule has 8 heteroatoms. The van der Waals surface area contributed by atoms with E-state index in [0.29, 0.717) is 11.6 Å². The second kappa shape index (κ2) is 5.12. The Morgan fingerprint density at radius 2 is 2.19 bits per heavy atom. The molecule has 2 rings (SSSR count). The number of alkyl halides is 3. The molecule has 2 N–H and O–H groups in total. The number of allylic oxidation sites excluding steroid dienone is 1. The maximum Gasteiger partial charge on any atom is 0.426 e. The van der Waals surface area contributed by atoms with E-state index in [1.54, 1.807) is 12.1 Å². The minimum Gasteiger partial charge on any atom is -0.496 e. The van der Waals surface area contributed by atoms with Crippen LogP contribution in [0.5, 0.6) is 0 Å². The Morgan fingerprint density at radius 1 is 1.48 bits per heavy atom. The zero-order valence-corrected chi connectivity index (χ0v) is 10.8. The van der Waals surface area contributed by atoms with Gasteiger partial charge in [0, 0.05) is 35.8 Å². The summed E-state index contributed by atoms with van der Waals surface area (Å²) in [5.74, 6) is -2.26. The first-order chi connectivity index (χ1) is 9.82. The van der Waals surface area contributed by atoms with Gasteiger partial charge in [0.15, 0.2) is 0 Å². The Labute approximate surface area is 117 Å². The van der Waals surface area contributed by atoms with Gasteiger partial charge in [0.05, 0.1) is 7.11 Å². The molecule has 0 saturated heterocycles. The van der Waals surface area contributed by atoms with Crippen molar-refractivity contribution in [3.63, 3.8) is 0 Å². The second-order valence-electron chi connectivity index (χ2n) is 4.27. The van der Waals surface area contributed by atoms with Crippen molar-refractivity contribution in [2.24, 2.45) is 0 Å². The molecule has 0 radical (unpaired) electrons. The summed E-state index contributed by atoms with van der Waals surface area (Å²) < 4.78 is 44.2. The average molecular weight is 300 g/mol. The highest BCUT2D eigenvalue weighted by molar-refractivity contribution is 5.88. The topological polar surface area (TPSA) is 71.5 Å². The highest BCUT2D eigenvalue weighted by Gasteiger charge is 2.61. The normalized spacial score (nSPS) is 21.9. The van der Waals surface area contributed by atoms with Crippen molar-refractivity contribution in [3.8, 4) is 0 Å². The molecule has 0 saturated carbocycles. The number of nitrogens with zero attached hydrogens (tertiary/aromatic N) is 1. The summed E-state index contributed by atoms with van der Waals surface area (Å²) in [7, 11) is 1.17. The monoisotopic (exact) mass is 300 g/mol. The van der Waals surface area contributed by atoms with Gasteiger partial charge >= 0.3 is 12.1 Å². The van der Waals surface area contributed by atoms with Crippen LogP contribution in [0, 0.1) is 0 Å². The molecule has 1 aromatic rings. The van der Waals surface area contributed by atoms with Gasteiger partial charge in [-0.1, -0.05) is 6.07 Å². The third kappa shape index (κ3) is 2.44. The molecular formula is C13H11F3N2O3. The van der Waals surface area contributed by atoms with E-state index in [1.165, 1.54) is 19.5 Å². The lowest BCUT2D eigenvalue weighted by atomic mass is 9.91. The molecule has 2 heterocycles. The number of hydrogen-bond donors (Lipinski definition) is 2. The summed E-state index contributed by atoms with van der Waals surface area (Å²) in [6.45, 7) is 0. The van der Waals surface area contributed by atoms with Crippen LogP contribution in [-0.4, -0.2) is 34.9 Å². The number of carbonyl (C=O) groups is 1. The number of halogens is 3. The first-order valence-electron chi connectivity index (χ1n) is 5.77. The van der Waals surface area contributed by atoms with Crippen LogP contribution in [0.1, 0.15) is 5.56 Å². The first-order valence-corrected chi connectivity index (χ1v) is 5.77. The summed E-state index contributed by atoms with van der Waals surface area (Å²) in [4.78, 5) is 15.0. The molecule has 0 fully saturated rings. The molecular weight excluding hydrogens is 289 g/mol. The van der Waals surface area contributed by atoms with Gasteiger partial charge in [0.1, 0.15) is 5.76 Å². The molecule has 21 heavy (non-hydrogen) atoms. The van der Waals surface area contributed by atoms with Crippen molar-refractivity contribution in [2.75, 3.05) is 7.11 Å². The van der Waals surface area contributed by atoms with Crippen LogP contribution >= 0.6 is 0 Å². The number of rotatable bonds is 3. The lowest BCUT2D eigenvalue weighted by Crippen LogP contribution is -2.60. The van der Waals surface area contributed by atoms with Gasteiger partial charge in [-0.2, -0.15) is 13.2 Å². The van der Waals surface area contributed by atoms with Gasteiger partial charge < -0.3 is 15.2 Å². The van der Waals surface area contributed by atoms with Gasteiger partial charge in [-0.3, -0.25) is 4.98 Å². The Kier molecular flexibility index (Phi) is 3.63. The van der Waals surface area contributed by atoms with Crippen LogP contribution < -0.4 is 5.32 Å². The van der Waals surface area contributed by atoms with Crippen molar-refractivity contribution < 1.29 is 27.8 Å². The molecule has 1 unspecified atom stereocenters. The van der Waals surface area contributed by atoms with Crippen LogP contribution in [0.2, 0.25) is 0 Å². The Morgan fingerprint density at radius 3 is 2.67 bits per heavy atom. The van der Waals surface area contributed by atoms with Gasteiger partial charge in [0.2, 0.25) is 0 Å².